The van der Waals surface area contributed by atoms with Crippen molar-refractivity contribution in [1.29, 1.82) is 0 Å². The second-order valence-corrected chi connectivity index (χ2v) is 11.8. The Bertz CT molecular complexity index is 1460. The fourth-order valence-electron chi connectivity index (χ4n) is 4.27. The van der Waals surface area contributed by atoms with Crippen LogP contribution >= 0.6 is 24.4 Å². The van der Waals surface area contributed by atoms with E-state index in [0.717, 1.165) is 39.8 Å². The molecule has 0 radical (unpaired) electrons. The van der Waals surface area contributed by atoms with Crippen LogP contribution < -0.4 is 20.3 Å². The molecule has 2 N–H and O–H groups in total. The Morgan fingerprint density at radius 2 is 1.73 bits per heavy atom. The molecule has 0 saturated carbocycles. The third-order valence-electron chi connectivity index (χ3n) is 6.69. The van der Waals surface area contributed by atoms with Crippen molar-refractivity contribution in [2.24, 2.45) is 4.99 Å². The molecule has 10 heteroatoms. The fourth-order valence-corrected chi connectivity index (χ4v) is 5.62. The van der Waals surface area contributed by atoms with Crippen LogP contribution in [0.5, 0.6) is 5.75 Å². The van der Waals surface area contributed by atoms with Gasteiger partial charge in [0.05, 0.1) is 28.5 Å². The van der Waals surface area contributed by atoms with E-state index in [9.17, 15) is 4.79 Å². The molecule has 1 aliphatic heterocycles. The number of likely N-dealkylation sites (N-methyl/N-ethyl adjacent to an activating group) is 1. The maximum atomic E-state index is 14.0. The van der Waals surface area contributed by atoms with Crippen LogP contribution in [0.3, 0.4) is 0 Å². The third kappa shape index (κ3) is 7.38. The molecule has 0 bridgehead atoms. The Morgan fingerprint density at radius 3 is 2.41 bits per heavy atom. The van der Waals surface area contributed by atoms with Crippen molar-refractivity contribution in [2.45, 2.75) is 18.4 Å². The van der Waals surface area contributed by atoms with Gasteiger partial charge in [-0.15, -0.1) is 12.6 Å². The number of nitrogens with zero attached hydrogens (tertiary/aromatic N) is 5. The lowest BCUT2D eigenvalue weighted by atomic mass is 10.2. The number of thioether (sulfide) groups is 1. The number of anilines is 3. The Balaban J connectivity index is 1.72. The van der Waals surface area contributed by atoms with Crippen LogP contribution in [0.4, 0.5) is 22.7 Å². The van der Waals surface area contributed by atoms with E-state index in [1.807, 2.05) is 119 Å². The predicted molar refractivity (Wildman–Crippen MR) is 176 cm³/mol. The lowest BCUT2D eigenvalue weighted by molar-refractivity contribution is -0.122. The summed E-state index contributed by atoms with van der Waals surface area (Å²) in [6, 6.07) is 21.3. The van der Waals surface area contributed by atoms with Crippen LogP contribution in [0.15, 0.2) is 87.2 Å². The van der Waals surface area contributed by atoms with E-state index < -0.39 is 0 Å². The number of amidine groups is 1. The van der Waals surface area contributed by atoms with Gasteiger partial charge in [0.1, 0.15) is 12.4 Å². The topological polar surface area (TPSA) is 77.6 Å². The third-order valence-corrected chi connectivity index (χ3v) is 8.24. The first-order valence-electron chi connectivity index (χ1n) is 13.3. The molecule has 8 nitrogen and oxygen atoms in total. The highest BCUT2D eigenvalue weighted by atomic mass is 32.2. The summed E-state index contributed by atoms with van der Waals surface area (Å²) in [5.74, 6) is 0.650. The van der Waals surface area contributed by atoms with Crippen LogP contribution in [-0.2, 0) is 11.3 Å². The molecule has 216 valence electrons. The van der Waals surface area contributed by atoms with Crippen LogP contribution in [0.25, 0.3) is 0 Å². The summed E-state index contributed by atoms with van der Waals surface area (Å²) in [6.07, 6.45) is 0. The average Bonchev–Trinajstić information content (AvgIpc) is 3.23. The standard InChI is InChI=1S/C31H38N6O2S2/c1-21(36(6)27-19-24(13-15-28(27)40)39-17-16-34(2)3)29-30(38)37(20-22-10-8-7-9-11-22)31(41-29)33-25-18-23(32)12-14-26(25)35(4)5/h7-15,18-19,40H,16-17,20,32H2,1-6H3/b29-21+,33-31?. The van der Waals surface area contributed by atoms with Crippen LogP contribution in [0.2, 0.25) is 0 Å². The number of thiol groups is 1. The normalized spacial score (nSPS) is 15.6. The van der Waals surface area contributed by atoms with Gasteiger partial charge in [-0.2, -0.15) is 0 Å². The van der Waals surface area contributed by atoms with Gasteiger partial charge in [0.2, 0.25) is 0 Å². The first-order chi connectivity index (χ1) is 19.5. The molecule has 1 saturated heterocycles. The average molecular weight is 591 g/mol. The molecule has 3 aromatic carbocycles. The van der Waals surface area contributed by atoms with Crippen molar-refractivity contribution in [1.82, 2.24) is 9.80 Å². The molecule has 4 rings (SSSR count). The fraction of sp³-hybridized carbons (Fsp3) is 0.290. The van der Waals surface area contributed by atoms with Crippen molar-refractivity contribution in [3.05, 3.63) is 82.9 Å². The summed E-state index contributed by atoms with van der Waals surface area (Å²) in [5, 5.41) is 0.599. The van der Waals surface area contributed by atoms with Gasteiger partial charge in [0.25, 0.3) is 5.91 Å². The van der Waals surface area contributed by atoms with E-state index in [4.69, 9.17) is 28.1 Å². The minimum absolute atomic E-state index is 0.101. The number of nitrogen functional groups attached to an aromatic ring is 1. The molecule has 41 heavy (non-hydrogen) atoms. The Kier molecular flexibility index (Phi) is 9.90. The minimum atomic E-state index is -0.101. The van der Waals surface area contributed by atoms with Gasteiger partial charge in [0, 0.05) is 50.0 Å². The van der Waals surface area contributed by atoms with Gasteiger partial charge >= 0.3 is 0 Å². The maximum absolute atomic E-state index is 14.0. The molecule has 0 aromatic heterocycles. The molecule has 1 fully saturated rings. The zero-order valence-corrected chi connectivity index (χ0v) is 26.2. The summed E-state index contributed by atoms with van der Waals surface area (Å²) in [5.41, 5.74) is 11.0. The van der Waals surface area contributed by atoms with Crippen molar-refractivity contribution >= 4 is 58.2 Å². The maximum Gasteiger partial charge on any atom is 0.268 e. The highest BCUT2D eigenvalue weighted by Gasteiger charge is 2.36. The molecule has 0 unspecified atom stereocenters. The molecular weight excluding hydrogens is 553 g/mol. The lowest BCUT2D eigenvalue weighted by Gasteiger charge is -2.24. The number of rotatable bonds is 10. The number of benzene rings is 3. The van der Waals surface area contributed by atoms with E-state index >= 15 is 0 Å². The van der Waals surface area contributed by atoms with E-state index in [1.54, 1.807) is 4.90 Å². The van der Waals surface area contributed by atoms with Gasteiger partial charge in [-0.05, 0) is 68.7 Å². The molecule has 3 aromatic rings. The van der Waals surface area contributed by atoms with Crippen molar-refractivity contribution in [3.63, 3.8) is 0 Å². The minimum Gasteiger partial charge on any atom is -0.492 e. The number of allylic oxidation sites excluding steroid dienone is 1. The molecule has 1 amide bonds. The van der Waals surface area contributed by atoms with Gasteiger partial charge in [-0.1, -0.05) is 30.3 Å². The monoisotopic (exact) mass is 590 g/mol. The number of amides is 1. The number of ether oxygens (including phenoxy) is 1. The second kappa shape index (κ2) is 13.4. The summed E-state index contributed by atoms with van der Waals surface area (Å²) in [4.78, 5) is 28.1. The number of carbonyl (C=O) groups is 1. The molecule has 0 spiro atoms. The molecule has 0 atom stereocenters. The molecule has 0 aliphatic carbocycles. The van der Waals surface area contributed by atoms with Gasteiger partial charge < -0.3 is 25.2 Å². The second-order valence-electron chi connectivity index (χ2n) is 10.3. The zero-order valence-electron chi connectivity index (χ0n) is 24.5. The summed E-state index contributed by atoms with van der Waals surface area (Å²) in [6.45, 7) is 3.73. The van der Waals surface area contributed by atoms with E-state index in [0.29, 0.717) is 34.6 Å². The van der Waals surface area contributed by atoms with Gasteiger partial charge in [0.15, 0.2) is 5.17 Å². The Labute approximate surface area is 252 Å². The van der Waals surface area contributed by atoms with Crippen molar-refractivity contribution < 1.29 is 9.53 Å². The number of aliphatic imine (C=N–C) groups is 1. The van der Waals surface area contributed by atoms with Crippen molar-refractivity contribution in [3.8, 4) is 5.75 Å². The Morgan fingerprint density at radius 1 is 1.00 bits per heavy atom. The number of nitrogens with two attached hydrogens (primary N) is 1. The molecule has 1 aliphatic rings. The van der Waals surface area contributed by atoms with Gasteiger partial charge in [-0.3, -0.25) is 9.69 Å². The highest BCUT2D eigenvalue weighted by molar-refractivity contribution is 8.18. The smallest absolute Gasteiger partial charge is 0.268 e. The summed E-state index contributed by atoms with van der Waals surface area (Å²) >= 11 is 6.07. The molecular formula is C31H38N6O2S2. The Hall–Kier alpha value is -3.60. The van der Waals surface area contributed by atoms with Crippen LogP contribution in [-0.4, -0.2) is 69.3 Å². The van der Waals surface area contributed by atoms with Crippen LogP contribution in [0, 0.1) is 0 Å². The van der Waals surface area contributed by atoms with E-state index in [-0.39, 0.29) is 5.91 Å². The SMILES string of the molecule is C/C(=C1\SC(=Nc2cc(N)ccc2N(C)C)N(Cc2ccccc2)C1=O)N(C)c1cc(OCCN(C)C)ccc1S. The number of hydrogen-bond donors (Lipinski definition) is 2. The number of hydrogen-bond acceptors (Lipinski definition) is 9. The summed E-state index contributed by atoms with van der Waals surface area (Å²) < 4.78 is 5.96. The molecule has 1 heterocycles. The number of carbonyl (C=O) groups excluding carboxylic acids is 1. The zero-order chi connectivity index (χ0) is 29.7. The highest BCUT2D eigenvalue weighted by Crippen LogP contribution is 2.40. The summed E-state index contributed by atoms with van der Waals surface area (Å²) in [7, 11) is 9.88. The van der Waals surface area contributed by atoms with E-state index in [2.05, 4.69) is 4.90 Å². The van der Waals surface area contributed by atoms with Crippen molar-refractivity contribution in [2.75, 3.05) is 63.9 Å². The van der Waals surface area contributed by atoms with Gasteiger partial charge in [-0.25, -0.2) is 4.99 Å². The van der Waals surface area contributed by atoms with E-state index in [1.165, 1.54) is 11.8 Å². The first-order valence-corrected chi connectivity index (χ1v) is 14.6. The first kappa shape index (κ1) is 30.4. The largest absolute Gasteiger partial charge is 0.492 e. The predicted octanol–water partition coefficient (Wildman–Crippen LogP) is 5.69. The quantitative estimate of drug-likeness (QED) is 0.178. The lowest BCUT2D eigenvalue weighted by Crippen LogP contribution is -2.29. The van der Waals surface area contributed by atoms with Crippen LogP contribution in [0.1, 0.15) is 12.5 Å².